The van der Waals surface area contributed by atoms with Crippen molar-refractivity contribution in [2.45, 2.75) is 12.5 Å². The van der Waals surface area contributed by atoms with Gasteiger partial charge in [-0.3, -0.25) is 0 Å². The van der Waals surface area contributed by atoms with E-state index in [-0.39, 0.29) is 12.1 Å². The van der Waals surface area contributed by atoms with Crippen LogP contribution >= 0.6 is 11.3 Å². The molecular formula is C18H22N2O3S. The minimum absolute atomic E-state index is 0.0421. The Morgan fingerprint density at radius 1 is 1.42 bits per heavy atom. The van der Waals surface area contributed by atoms with Crippen molar-refractivity contribution in [3.63, 3.8) is 0 Å². The van der Waals surface area contributed by atoms with E-state index < -0.39 is 0 Å². The minimum Gasteiger partial charge on any atom is -0.384 e. The molecule has 1 aromatic heterocycles. The van der Waals surface area contributed by atoms with E-state index >= 15 is 0 Å². The lowest BCUT2D eigenvalue weighted by molar-refractivity contribution is -0.0132. The number of para-hydroxylation sites is 1. The van der Waals surface area contributed by atoms with E-state index in [1.807, 2.05) is 34.5 Å². The summed E-state index contributed by atoms with van der Waals surface area (Å²) < 4.78 is 10.9. The van der Waals surface area contributed by atoms with E-state index in [4.69, 9.17) is 9.47 Å². The monoisotopic (exact) mass is 346 g/mol. The highest BCUT2D eigenvalue weighted by atomic mass is 32.1. The van der Waals surface area contributed by atoms with Gasteiger partial charge in [0.1, 0.15) is 6.10 Å². The molecule has 1 aliphatic heterocycles. The fraction of sp³-hybridized carbons (Fsp3) is 0.389. The van der Waals surface area contributed by atoms with Gasteiger partial charge in [0, 0.05) is 19.3 Å². The van der Waals surface area contributed by atoms with Gasteiger partial charge in [-0.15, -0.1) is 0 Å². The smallest absolute Gasteiger partial charge is 0.322 e. The first-order valence-electron chi connectivity index (χ1n) is 8.04. The molecule has 1 aliphatic rings. The number of carbonyl (C=O) groups is 1. The first-order chi connectivity index (χ1) is 11.8. The zero-order valence-electron chi connectivity index (χ0n) is 13.7. The summed E-state index contributed by atoms with van der Waals surface area (Å²) in [6, 6.07) is 9.82. The molecule has 1 fully saturated rings. The average Bonchev–Trinajstić information content (AvgIpc) is 3.16. The quantitative estimate of drug-likeness (QED) is 0.901. The molecule has 0 saturated carbocycles. The maximum atomic E-state index is 12.6. The van der Waals surface area contributed by atoms with Crippen LogP contribution in [0.25, 0.3) is 0 Å². The van der Waals surface area contributed by atoms with E-state index in [9.17, 15) is 4.79 Å². The van der Waals surface area contributed by atoms with Crippen molar-refractivity contribution in [2.24, 2.45) is 0 Å². The van der Waals surface area contributed by atoms with Crippen molar-refractivity contribution in [1.29, 1.82) is 0 Å². The van der Waals surface area contributed by atoms with Gasteiger partial charge in [-0.1, -0.05) is 18.2 Å². The summed E-state index contributed by atoms with van der Waals surface area (Å²) >= 11 is 1.64. The normalized spacial score (nSPS) is 17.7. The molecule has 5 nitrogen and oxygen atoms in total. The number of carbonyl (C=O) groups excluding carboxylic acids is 1. The minimum atomic E-state index is -0.0802. The lowest BCUT2D eigenvalue weighted by atomic mass is 10.1. The Morgan fingerprint density at radius 2 is 2.29 bits per heavy atom. The Morgan fingerprint density at radius 3 is 3.08 bits per heavy atom. The third kappa shape index (κ3) is 4.14. The molecule has 2 heterocycles. The molecule has 24 heavy (non-hydrogen) atoms. The van der Waals surface area contributed by atoms with Crippen LogP contribution in [0.2, 0.25) is 0 Å². The van der Waals surface area contributed by atoms with Gasteiger partial charge in [0.2, 0.25) is 0 Å². The Balaban J connectivity index is 1.64. The molecule has 0 bridgehead atoms. The van der Waals surface area contributed by atoms with Crippen molar-refractivity contribution in [2.75, 3.05) is 38.7 Å². The second kappa shape index (κ2) is 8.28. The second-order valence-corrected chi connectivity index (χ2v) is 6.47. The third-order valence-electron chi connectivity index (χ3n) is 4.10. The highest BCUT2D eigenvalue weighted by Crippen LogP contribution is 2.25. The molecule has 6 heteroatoms. The topological polar surface area (TPSA) is 50.8 Å². The number of morpholine rings is 1. The number of methoxy groups -OCH3 is 1. The van der Waals surface area contributed by atoms with Crippen LogP contribution in [0.4, 0.5) is 10.5 Å². The first-order valence-corrected chi connectivity index (χ1v) is 8.98. The van der Waals surface area contributed by atoms with Gasteiger partial charge in [-0.05, 0) is 40.4 Å². The van der Waals surface area contributed by atoms with Crippen LogP contribution in [0, 0.1) is 0 Å². The number of nitrogens with one attached hydrogen (secondary N) is 1. The van der Waals surface area contributed by atoms with Crippen molar-refractivity contribution in [1.82, 2.24) is 4.90 Å². The number of hydrogen-bond acceptors (Lipinski definition) is 4. The van der Waals surface area contributed by atoms with Crippen molar-refractivity contribution < 1.29 is 14.3 Å². The maximum absolute atomic E-state index is 12.6. The molecule has 1 saturated heterocycles. The number of benzene rings is 1. The largest absolute Gasteiger partial charge is 0.384 e. The molecule has 0 spiro atoms. The van der Waals surface area contributed by atoms with Crippen LogP contribution in [0.1, 0.15) is 17.2 Å². The van der Waals surface area contributed by atoms with Gasteiger partial charge in [0.05, 0.1) is 19.8 Å². The summed E-state index contributed by atoms with van der Waals surface area (Å²) in [5.41, 5.74) is 3.06. The lowest BCUT2D eigenvalue weighted by Crippen LogP contribution is -2.44. The lowest BCUT2D eigenvalue weighted by Gasteiger charge is -2.33. The highest BCUT2D eigenvalue weighted by molar-refractivity contribution is 7.07. The van der Waals surface area contributed by atoms with Crippen molar-refractivity contribution >= 4 is 23.1 Å². The Labute approximate surface area is 146 Å². The van der Waals surface area contributed by atoms with Gasteiger partial charge < -0.3 is 19.7 Å². The molecule has 1 N–H and O–H groups in total. The predicted octanol–water partition coefficient (Wildman–Crippen LogP) is 3.54. The third-order valence-corrected chi connectivity index (χ3v) is 4.80. The number of thiophene rings is 1. The molecule has 0 radical (unpaired) electrons. The molecule has 1 aromatic carbocycles. The van der Waals surface area contributed by atoms with Crippen LogP contribution in [0.15, 0.2) is 41.1 Å². The Bertz CT molecular complexity index is 660. The predicted molar refractivity (Wildman–Crippen MR) is 95.6 cm³/mol. The summed E-state index contributed by atoms with van der Waals surface area (Å²) in [4.78, 5) is 14.5. The first kappa shape index (κ1) is 17.0. The molecule has 3 rings (SSSR count). The number of urea groups is 1. The standard InChI is InChI=1S/C18H22N2O3S/c1-22-9-6-14-4-2-3-5-16(14)19-18(21)20-8-10-23-17(12-20)15-7-11-24-13-15/h2-5,7,11,13,17H,6,8-10,12H2,1H3,(H,19,21)/t17-/m1/s1. The van der Waals surface area contributed by atoms with E-state index in [1.165, 1.54) is 0 Å². The number of amides is 2. The number of anilines is 1. The number of hydrogen-bond donors (Lipinski definition) is 1. The SMILES string of the molecule is COCCc1ccccc1NC(=O)N1CCO[C@@H](c2ccsc2)C1. The van der Waals surface area contributed by atoms with Gasteiger partial charge in [-0.25, -0.2) is 4.79 Å². The fourth-order valence-corrected chi connectivity index (χ4v) is 3.46. The van der Waals surface area contributed by atoms with Gasteiger partial charge in [-0.2, -0.15) is 11.3 Å². The van der Waals surface area contributed by atoms with Gasteiger partial charge >= 0.3 is 6.03 Å². The molecule has 2 amide bonds. The van der Waals surface area contributed by atoms with Gasteiger partial charge in [0.25, 0.3) is 0 Å². The van der Waals surface area contributed by atoms with Crippen LogP contribution in [0.3, 0.4) is 0 Å². The van der Waals surface area contributed by atoms with Crippen LogP contribution in [0.5, 0.6) is 0 Å². The zero-order chi connectivity index (χ0) is 16.8. The summed E-state index contributed by atoms with van der Waals surface area (Å²) in [6.07, 6.45) is 0.729. The van der Waals surface area contributed by atoms with E-state index in [0.717, 1.165) is 23.2 Å². The molecule has 128 valence electrons. The van der Waals surface area contributed by atoms with Gasteiger partial charge in [0.15, 0.2) is 0 Å². The summed E-state index contributed by atoms with van der Waals surface area (Å²) in [5, 5.41) is 7.14. The zero-order valence-corrected chi connectivity index (χ0v) is 14.6. The summed E-state index contributed by atoms with van der Waals surface area (Å²) in [5.74, 6) is 0. The Kier molecular flexibility index (Phi) is 5.85. The second-order valence-electron chi connectivity index (χ2n) is 5.69. The van der Waals surface area contributed by atoms with E-state index in [2.05, 4.69) is 16.8 Å². The van der Waals surface area contributed by atoms with Crippen LogP contribution < -0.4 is 5.32 Å². The van der Waals surface area contributed by atoms with Crippen LogP contribution in [-0.4, -0.2) is 44.3 Å². The van der Waals surface area contributed by atoms with Crippen molar-refractivity contribution in [3.8, 4) is 0 Å². The van der Waals surface area contributed by atoms with E-state index in [1.54, 1.807) is 18.4 Å². The number of ether oxygens (including phenoxy) is 2. The average molecular weight is 346 g/mol. The summed E-state index contributed by atoms with van der Waals surface area (Å²) in [7, 11) is 1.68. The number of nitrogens with zero attached hydrogens (tertiary/aromatic N) is 1. The molecule has 1 atom stereocenters. The fourth-order valence-electron chi connectivity index (χ4n) is 2.76. The molecular weight excluding hydrogens is 324 g/mol. The molecule has 0 aliphatic carbocycles. The molecule has 2 aromatic rings. The highest BCUT2D eigenvalue weighted by Gasteiger charge is 2.26. The number of rotatable bonds is 5. The van der Waals surface area contributed by atoms with E-state index in [0.29, 0.717) is 26.3 Å². The Hall–Kier alpha value is -1.89. The summed E-state index contributed by atoms with van der Waals surface area (Å²) in [6.45, 7) is 2.36. The molecule has 0 unspecified atom stereocenters. The van der Waals surface area contributed by atoms with Crippen molar-refractivity contribution in [3.05, 3.63) is 52.2 Å². The maximum Gasteiger partial charge on any atom is 0.322 e. The van der Waals surface area contributed by atoms with Crippen LogP contribution in [-0.2, 0) is 15.9 Å².